The highest BCUT2D eigenvalue weighted by molar-refractivity contribution is 7.15. The van der Waals surface area contributed by atoms with Crippen LogP contribution in [-0.4, -0.2) is 11.1 Å². The molecule has 0 saturated carbocycles. The van der Waals surface area contributed by atoms with Crippen molar-refractivity contribution in [3.8, 4) is 10.4 Å². The van der Waals surface area contributed by atoms with E-state index in [2.05, 4.69) is 56.9 Å². The lowest BCUT2D eigenvalue weighted by Crippen LogP contribution is -2.40. The molecule has 0 spiro atoms. The van der Waals surface area contributed by atoms with Crippen LogP contribution in [-0.2, 0) is 11.2 Å². The van der Waals surface area contributed by atoms with Crippen molar-refractivity contribution in [3.63, 3.8) is 0 Å². The van der Waals surface area contributed by atoms with E-state index in [1.54, 1.807) is 23.6 Å². The van der Waals surface area contributed by atoms with E-state index in [0.29, 0.717) is 23.9 Å². The minimum Gasteiger partial charge on any atom is -0.370 e. The predicted molar refractivity (Wildman–Crippen MR) is 127 cm³/mol. The van der Waals surface area contributed by atoms with Gasteiger partial charge in [-0.05, 0) is 65.6 Å². The van der Waals surface area contributed by atoms with Gasteiger partial charge in [-0.1, -0.05) is 51.4 Å². The molecule has 1 saturated heterocycles. The summed E-state index contributed by atoms with van der Waals surface area (Å²) < 4.78 is 19.7. The summed E-state index contributed by atoms with van der Waals surface area (Å²) in [6.45, 7) is 9.17. The zero-order valence-electron chi connectivity index (χ0n) is 18.4. The lowest BCUT2D eigenvalue weighted by molar-refractivity contribution is -0.136. The Hall–Kier alpha value is -1.75. The van der Waals surface area contributed by atoms with Crippen molar-refractivity contribution in [2.45, 2.75) is 52.7 Å². The molecular weight excluding hydrogens is 429 g/mol. The highest BCUT2D eigenvalue weighted by atomic mass is 35.5. The van der Waals surface area contributed by atoms with E-state index in [1.807, 2.05) is 6.07 Å². The highest BCUT2D eigenvalue weighted by Gasteiger charge is 2.38. The maximum atomic E-state index is 13.1. The number of benzene rings is 1. The van der Waals surface area contributed by atoms with E-state index in [1.165, 1.54) is 16.5 Å². The molecule has 2 nitrogen and oxygen atoms in total. The Kier molecular flexibility index (Phi) is 6.80. The zero-order chi connectivity index (χ0) is 22.1. The zero-order valence-corrected chi connectivity index (χ0v) is 20.0. The van der Waals surface area contributed by atoms with Gasteiger partial charge in [0.25, 0.3) is 0 Å². The van der Waals surface area contributed by atoms with Crippen LogP contribution in [0.1, 0.15) is 56.2 Å². The lowest BCUT2D eigenvalue weighted by Gasteiger charge is -2.44. The Bertz CT molecular complexity index is 1030. The number of halogens is 2. The van der Waals surface area contributed by atoms with Crippen LogP contribution in [0.5, 0.6) is 0 Å². The predicted octanol–water partition coefficient (Wildman–Crippen LogP) is 7.95. The fourth-order valence-corrected chi connectivity index (χ4v) is 5.83. The number of rotatable bonds is 5. The molecule has 1 aromatic carbocycles. The summed E-state index contributed by atoms with van der Waals surface area (Å²) in [6, 6.07) is 13.7. The maximum absolute atomic E-state index is 13.1. The van der Waals surface area contributed by atoms with Gasteiger partial charge in [0.1, 0.15) is 0 Å². The molecule has 0 N–H and O–H groups in total. The first-order valence-corrected chi connectivity index (χ1v) is 12.2. The Labute approximate surface area is 193 Å². The molecule has 5 atom stereocenters. The second-order valence-electron chi connectivity index (χ2n) is 8.74. The van der Waals surface area contributed by atoms with Crippen LogP contribution < -0.4 is 0 Å². The van der Waals surface area contributed by atoms with Crippen LogP contribution in [0.2, 0.25) is 5.02 Å². The van der Waals surface area contributed by atoms with E-state index < -0.39 is 5.95 Å². The summed E-state index contributed by atoms with van der Waals surface area (Å²) in [5.41, 5.74) is 3.25. The van der Waals surface area contributed by atoms with Crippen molar-refractivity contribution in [2.24, 2.45) is 17.8 Å². The van der Waals surface area contributed by atoms with Gasteiger partial charge in [-0.25, -0.2) is 4.98 Å². The molecule has 0 unspecified atom stereocenters. The third-order valence-electron chi connectivity index (χ3n) is 6.88. The molecule has 0 radical (unpaired) electrons. The smallest absolute Gasteiger partial charge is 0.212 e. The van der Waals surface area contributed by atoms with Gasteiger partial charge >= 0.3 is 0 Å². The van der Waals surface area contributed by atoms with E-state index in [9.17, 15) is 4.39 Å². The van der Waals surface area contributed by atoms with Gasteiger partial charge in [0.2, 0.25) is 5.95 Å². The summed E-state index contributed by atoms with van der Waals surface area (Å²) >= 11 is 8.27. The molecule has 5 heteroatoms. The van der Waals surface area contributed by atoms with E-state index in [-0.39, 0.29) is 6.10 Å². The second-order valence-corrected chi connectivity index (χ2v) is 10.3. The van der Waals surface area contributed by atoms with Gasteiger partial charge in [0.05, 0.1) is 12.2 Å². The molecule has 3 heterocycles. The van der Waals surface area contributed by atoms with Crippen LogP contribution in [0, 0.1) is 23.7 Å². The molecule has 4 rings (SSSR count). The minimum atomic E-state index is -0.461. The third-order valence-corrected chi connectivity index (χ3v) is 8.39. The molecule has 3 aromatic rings. The monoisotopic (exact) mass is 457 g/mol. The molecule has 1 fully saturated rings. The van der Waals surface area contributed by atoms with Gasteiger partial charge < -0.3 is 4.74 Å². The van der Waals surface area contributed by atoms with E-state index in [4.69, 9.17) is 16.3 Å². The summed E-state index contributed by atoms with van der Waals surface area (Å²) in [6.07, 6.45) is 3.75. The van der Waals surface area contributed by atoms with Gasteiger partial charge in [-0.2, -0.15) is 4.39 Å². The molecule has 164 valence electrons. The van der Waals surface area contributed by atoms with Crippen LogP contribution in [0.25, 0.3) is 10.4 Å². The maximum Gasteiger partial charge on any atom is 0.212 e. The Morgan fingerprint density at radius 2 is 1.84 bits per heavy atom. The van der Waals surface area contributed by atoms with E-state index >= 15 is 0 Å². The topological polar surface area (TPSA) is 22.1 Å². The molecule has 31 heavy (non-hydrogen) atoms. The third kappa shape index (κ3) is 4.72. The van der Waals surface area contributed by atoms with Crippen LogP contribution in [0.15, 0.2) is 48.7 Å². The number of pyridine rings is 1. The van der Waals surface area contributed by atoms with Crippen LogP contribution in [0.3, 0.4) is 0 Å². The second kappa shape index (κ2) is 9.40. The van der Waals surface area contributed by atoms with Gasteiger partial charge in [0.15, 0.2) is 0 Å². The summed E-state index contributed by atoms with van der Waals surface area (Å²) in [7, 11) is 0. The molecule has 2 aromatic heterocycles. The van der Waals surface area contributed by atoms with Crippen molar-refractivity contribution in [1.82, 2.24) is 4.98 Å². The van der Waals surface area contributed by atoms with E-state index in [0.717, 1.165) is 33.9 Å². The molecule has 0 bridgehead atoms. The number of hydrogen-bond acceptors (Lipinski definition) is 3. The molecule has 1 aliphatic heterocycles. The summed E-state index contributed by atoms with van der Waals surface area (Å²) in [5.74, 6) is 1.16. The highest BCUT2D eigenvalue weighted by Crippen LogP contribution is 2.44. The number of ether oxygens (including phenoxy) is 1. The standard InChI is InChI=1S/C26H29ClFNOS/c1-5-23-16(3)15(2)17(4)26(30-23)18-6-9-22(27)20(12-18)13-21-8-10-24(31-21)19-7-11-25(28)29-14-19/h6-12,14-17,23,26H,5,13H2,1-4H3/t15-,16-,17+,23+,26+/m0/s1. The van der Waals surface area contributed by atoms with Gasteiger partial charge in [0, 0.05) is 33.0 Å². The molecule has 0 aliphatic carbocycles. The Morgan fingerprint density at radius 3 is 2.55 bits per heavy atom. The Balaban J connectivity index is 1.57. The average Bonchev–Trinajstić information content (AvgIpc) is 3.23. The number of nitrogens with zero attached hydrogens (tertiary/aromatic N) is 1. The largest absolute Gasteiger partial charge is 0.370 e. The SMILES string of the molecule is CC[C@H]1O[C@@H](c2ccc(Cl)c(Cc3ccc(-c4ccc(F)nc4)s3)c2)[C@H](C)[C@@H](C)[C@@H]1C. The van der Waals surface area contributed by atoms with Gasteiger partial charge in [-0.15, -0.1) is 11.3 Å². The Morgan fingerprint density at radius 1 is 1.03 bits per heavy atom. The molecular formula is C26H29ClFNOS. The number of thiophene rings is 1. The fourth-order valence-electron chi connectivity index (χ4n) is 4.62. The molecule has 1 aliphatic rings. The number of hydrogen-bond donors (Lipinski definition) is 0. The van der Waals surface area contributed by atoms with Crippen LogP contribution in [0.4, 0.5) is 4.39 Å². The lowest BCUT2D eigenvalue weighted by atomic mass is 9.74. The average molecular weight is 458 g/mol. The van der Waals surface area contributed by atoms with Crippen LogP contribution >= 0.6 is 22.9 Å². The van der Waals surface area contributed by atoms with Crippen molar-refractivity contribution >= 4 is 22.9 Å². The quantitative estimate of drug-likeness (QED) is 0.362. The summed E-state index contributed by atoms with van der Waals surface area (Å²) in [4.78, 5) is 6.05. The van der Waals surface area contributed by atoms with Crippen molar-refractivity contribution in [1.29, 1.82) is 0 Å². The first-order chi connectivity index (χ1) is 14.9. The van der Waals surface area contributed by atoms with Crippen molar-refractivity contribution in [2.75, 3.05) is 0 Å². The van der Waals surface area contributed by atoms with Crippen molar-refractivity contribution < 1.29 is 9.13 Å². The normalized spacial score (nSPS) is 26.2. The van der Waals surface area contributed by atoms with Crippen molar-refractivity contribution in [3.05, 3.63) is 75.6 Å². The first-order valence-electron chi connectivity index (χ1n) is 11.0. The van der Waals surface area contributed by atoms with Gasteiger partial charge in [-0.3, -0.25) is 0 Å². The summed E-state index contributed by atoms with van der Waals surface area (Å²) in [5, 5.41) is 0.777. The molecule has 0 amide bonds. The first kappa shape index (κ1) is 22.4. The fraction of sp³-hybridized carbons (Fsp3) is 0.423. The minimum absolute atomic E-state index is 0.0938. The number of aromatic nitrogens is 1.